The fraction of sp³-hybridized carbons (Fsp3) is 0.267. The molecule has 124 valence electrons. The first kappa shape index (κ1) is 15.6. The molecule has 0 bridgehead atoms. The van der Waals surface area contributed by atoms with E-state index in [1.165, 1.54) is 27.2 Å². The number of likely N-dealkylation sites (N-methyl/N-ethyl adjacent to an activating group) is 1. The van der Waals surface area contributed by atoms with E-state index < -0.39 is 0 Å². The van der Waals surface area contributed by atoms with Crippen LogP contribution in [-0.4, -0.2) is 27.7 Å². The van der Waals surface area contributed by atoms with Crippen molar-refractivity contribution >= 4 is 40.0 Å². The number of thiophene rings is 1. The Kier molecular flexibility index (Phi) is 3.63. The second-order valence-corrected chi connectivity index (χ2v) is 8.19. The van der Waals surface area contributed by atoms with Crippen molar-refractivity contribution in [3.8, 4) is 0 Å². The summed E-state index contributed by atoms with van der Waals surface area (Å²) in [5, 5.41) is 14.9. The van der Waals surface area contributed by atoms with Gasteiger partial charge in [0.15, 0.2) is 9.82 Å². The minimum atomic E-state index is -0.282. The lowest BCUT2D eigenvalue weighted by Gasteiger charge is -2.10. The summed E-state index contributed by atoms with van der Waals surface area (Å²) in [5.74, 6) is -0.243. The maximum absolute atomic E-state index is 12.9. The van der Waals surface area contributed by atoms with E-state index in [4.69, 9.17) is 11.6 Å². The molecule has 1 aliphatic rings. The molecular formula is C15H13ClN4O2S2. The summed E-state index contributed by atoms with van der Waals surface area (Å²) in [5.41, 5.74) is 0.435. The molecular weight excluding hydrogens is 368 g/mol. The summed E-state index contributed by atoms with van der Waals surface area (Å²) in [6, 6.07) is 3.40. The molecule has 0 saturated heterocycles. The van der Waals surface area contributed by atoms with Gasteiger partial charge in [-0.1, -0.05) is 17.7 Å². The normalized spacial score (nSPS) is 18.1. The third-order valence-electron chi connectivity index (χ3n) is 4.15. The Morgan fingerprint density at radius 3 is 2.96 bits per heavy atom. The highest BCUT2D eigenvalue weighted by Crippen LogP contribution is 2.26. The largest absolute Gasteiger partial charge is 0.869 e. The molecule has 0 N–H and O–H groups in total. The average molecular weight is 381 g/mol. The molecule has 0 saturated carbocycles. The van der Waals surface area contributed by atoms with Crippen LogP contribution in [0.1, 0.15) is 15.8 Å². The van der Waals surface area contributed by atoms with Crippen LogP contribution in [-0.2, 0) is 7.05 Å². The number of thiazole rings is 1. The van der Waals surface area contributed by atoms with E-state index in [9.17, 15) is 9.90 Å². The quantitative estimate of drug-likeness (QED) is 0.568. The predicted octanol–water partition coefficient (Wildman–Crippen LogP) is -0.401. The zero-order valence-corrected chi connectivity index (χ0v) is 15.3. The van der Waals surface area contributed by atoms with E-state index in [2.05, 4.69) is 4.98 Å². The number of hydrogen-bond acceptors (Lipinski definition) is 5. The van der Waals surface area contributed by atoms with Crippen LogP contribution in [0.5, 0.6) is 0 Å². The van der Waals surface area contributed by atoms with Crippen molar-refractivity contribution in [3.63, 3.8) is 0 Å². The Morgan fingerprint density at radius 1 is 1.54 bits per heavy atom. The van der Waals surface area contributed by atoms with Crippen molar-refractivity contribution in [3.05, 3.63) is 59.3 Å². The van der Waals surface area contributed by atoms with Crippen molar-refractivity contribution in [1.29, 1.82) is 0 Å². The van der Waals surface area contributed by atoms with E-state index in [1.807, 2.05) is 27.6 Å². The number of imidazole rings is 1. The summed E-state index contributed by atoms with van der Waals surface area (Å²) in [4.78, 5) is 18.3. The summed E-state index contributed by atoms with van der Waals surface area (Å²) in [6.45, 7) is 0.659. The molecule has 3 aromatic heterocycles. The van der Waals surface area contributed by atoms with Gasteiger partial charge in [-0.2, -0.15) is 4.57 Å². The fourth-order valence-corrected chi connectivity index (χ4v) is 4.84. The Bertz CT molecular complexity index is 1110. The first-order chi connectivity index (χ1) is 11.5. The van der Waals surface area contributed by atoms with Crippen LogP contribution < -0.4 is 26.2 Å². The van der Waals surface area contributed by atoms with Gasteiger partial charge >= 0.3 is 11.2 Å². The van der Waals surface area contributed by atoms with Crippen molar-refractivity contribution in [2.75, 3.05) is 13.6 Å². The van der Waals surface area contributed by atoms with Gasteiger partial charge in [-0.3, -0.25) is 4.58 Å². The Hall–Kier alpha value is -1.90. The molecule has 0 radical (unpaired) electrons. The Labute approximate surface area is 149 Å². The number of nitrogens with zero attached hydrogens (tertiary/aromatic N) is 4. The second-order valence-electron chi connectivity index (χ2n) is 5.60. The molecule has 1 unspecified atom stereocenters. The highest BCUT2D eigenvalue weighted by Gasteiger charge is 2.34. The zero-order valence-electron chi connectivity index (χ0n) is 12.9. The first-order valence-electron chi connectivity index (χ1n) is 7.20. The predicted molar refractivity (Wildman–Crippen MR) is 93.0 cm³/mol. The Balaban J connectivity index is 2.09. The molecule has 0 fully saturated rings. The van der Waals surface area contributed by atoms with Gasteiger partial charge in [0.1, 0.15) is 12.6 Å². The molecule has 4 rings (SSSR count). The first-order valence-corrected chi connectivity index (χ1v) is 9.28. The van der Waals surface area contributed by atoms with E-state index in [1.54, 1.807) is 19.3 Å². The second kappa shape index (κ2) is 5.58. The number of aromatic nitrogens is 3. The monoisotopic (exact) mass is 380 g/mol. The van der Waals surface area contributed by atoms with Crippen LogP contribution in [0.3, 0.4) is 0 Å². The van der Waals surface area contributed by atoms with E-state index in [-0.39, 0.29) is 22.7 Å². The summed E-state index contributed by atoms with van der Waals surface area (Å²) in [7, 11) is 3.60. The topological polar surface area (TPSA) is 65.9 Å². The van der Waals surface area contributed by atoms with Crippen molar-refractivity contribution in [1.82, 2.24) is 18.7 Å². The van der Waals surface area contributed by atoms with Crippen LogP contribution >= 0.6 is 34.3 Å². The number of halogens is 1. The van der Waals surface area contributed by atoms with E-state index >= 15 is 0 Å². The SMILES string of the molecule is Cn1c(=O)/c(=C(/[O-])c2cccs2)n2c1=[N+](C)CC2c1cnc(Cl)s1. The minimum absolute atomic E-state index is 0.150. The van der Waals surface area contributed by atoms with Crippen molar-refractivity contribution in [2.24, 2.45) is 7.05 Å². The van der Waals surface area contributed by atoms with Gasteiger partial charge in [0.05, 0.1) is 19.0 Å². The molecule has 0 spiro atoms. The number of rotatable bonds is 2. The molecule has 0 aromatic carbocycles. The van der Waals surface area contributed by atoms with Crippen molar-refractivity contribution in [2.45, 2.75) is 6.04 Å². The average Bonchev–Trinajstić information content (AvgIpc) is 3.29. The van der Waals surface area contributed by atoms with Gasteiger partial charge in [-0.25, -0.2) is 14.3 Å². The summed E-state index contributed by atoms with van der Waals surface area (Å²) < 4.78 is 5.79. The molecule has 0 aliphatic carbocycles. The van der Waals surface area contributed by atoms with Crippen LogP contribution in [0, 0.1) is 0 Å². The third kappa shape index (κ3) is 2.17. The zero-order chi connectivity index (χ0) is 17.0. The lowest BCUT2D eigenvalue weighted by Crippen LogP contribution is -2.39. The maximum Gasteiger partial charge on any atom is 0.363 e. The van der Waals surface area contributed by atoms with E-state index in [0.29, 0.717) is 15.9 Å². The number of fused-ring (bicyclic) bond motifs is 1. The van der Waals surface area contributed by atoms with Crippen LogP contribution in [0.15, 0.2) is 28.5 Å². The van der Waals surface area contributed by atoms with Gasteiger partial charge in [0.2, 0.25) is 0 Å². The highest BCUT2D eigenvalue weighted by atomic mass is 35.5. The maximum atomic E-state index is 12.9. The molecule has 1 atom stereocenters. The molecule has 4 heterocycles. The van der Waals surface area contributed by atoms with Crippen LogP contribution in [0.4, 0.5) is 0 Å². The number of hydrogen-bond donors (Lipinski definition) is 0. The highest BCUT2D eigenvalue weighted by molar-refractivity contribution is 7.15. The van der Waals surface area contributed by atoms with Gasteiger partial charge < -0.3 is 5.11 Å². The third-order valence-corrected chi connectivity index (χ3v) is 6.23. The summed E-state index contributed by atoms with van der Waals surface area (Å²) >= 11 is 8.68. The molecule has 1 aliphatic heterocycles. The standard InChI is InChI=1S/C15H13ClN4O2S2/c1-18-7-8(10-6-17-14(16)24-10)20-11(13(22)19(2)15(18)20)12(21)9-4-3-5-23-9/h3-6,8H,7H2,1-2H3. The molecule has 6 nitrogen and oxygen atoms in total. The summed E-state index contributed by atoms with van der Waals surface area (Å²) in [6.07, 6.45) is 1.71. The van der Waals surface area contributed by atoms with Crippen LogP contribution in [0.25, 0.3) is 5.76 Å². The molecule has 0 amide bonds. The lowest BCUT2D eigenvalue weighted by molar-refractivity contribution is -0.245. The smallest absolute Gasteiger partial charge is 0.363 e. The van der Waals surface area contributed by atoms with Gasteiger partial charge in [-0.15, -0.1) is 22.7 Å². The van der Waals surface area contributed by atoms with E-state index in [0.717, 1.165) is 10.5 Å². The van der Waals surface area contributed by atoms with Gasteiger partial charge in [0.25, 0.3) is 0 Å². The van der Waals surface area contributed by atoms with Gasteiger partial charge in [0, 0.05) is 11.1 Å². The Morgan fingerprint density at radius 2 is 2.33 bits per heavy atom. The van der Waals surface area contributed by atoms with Crippen LogP contribution in [0.2, 0.25) is 4.47 Å². The fourth-order valence-electron chi connectivity index (χ4n) is 3.14. The van der Waals surface area contributed by atoms with Crippen molar-refractivity contribution < 1.29 is 5.11 Å². The minimum Gasteiger partial charge on any atom is -0.869 e. The molecule has 3 aromatic rings. The van der Waals surface area contributed by atoms with Gasteiger partial charge in [-0.05, 0) is 17.2 Å². The lowest BCUT2D eigenvalue weighted by atomic mass is 10.2. The molecule has 9 heteroatoms. The molecule has 24 heavy (non-hydrogen) atoms.